The summed E-state index contributed by atoms with van der Waals surface area (Å²) in [6.45, 7) is 0. The van der Waals surface area contributed by atoms with Gasteiger partial charge in [0.05, 0.1) is 11.9 Å². The van der Waals surface area contributed by atoms with E-state index in [4.69, 9.17) is 0 Å². The zero-order chi connectivity index (χ0) is 22.1. The van der Waals surface area contributed by atoms with Gasteiger partial charge in [-0.25, -0.2) is 4.98 Å². The summed E-state index contributed by atoms with van der Waals surface area (Å²) in [4.78, 5) is 22.3. The van der Waals surface area contributed by atoms with Gasteiger partial charge in [0.15, 0.2) is 0 Å². The van der Waals surface area contributed by atoms with Gasteiger partial charge < -0.3 is 9.88 Å². The Morgan fingerprint density at radius 2 is 1.97 bits per heavy atom. The van der Waals surface area contributed by atoms with Gasteiger partial charge in [-0.05, 0) is 48.6 Å². The summed E-state index contributed by atoms with van der Waals surface area (Å²) in [5, 5.41) is 8.48. The van der Waals surface area contributed by atoms with E-state index in [1.807, 2.05) is 55.6 Å². The van der Waals surface area contributed by atoms with Gasteiger partial charge in [-0.2, -0.15) is 5.10 Å². The molecule has 0 radical (unpaired) electrons. The van der Waals surface area contributed by atoms with E-state index in [2.05, 4.69) is 32.5 Å². The van der Waals surface area contributed by atoms with Crippen LogP contribution >= 0.6 is 0 Å². The van der Waals surface area contributed by atoms with Crippen molar-refractivity contribution in [3.63, 3.8) is 0 Å². The number of aryl methyl sites for hydroxylation is 2. The Morgan fingerprint density at radius 3 is 2.69 bits per heavy atom. The summed E-state index contributed by atoms with van der Waals surface area (Å²) in [6, 6.07) is 8.38. The Balaban J connectivity index is 1.42. The van der Waals surface area contributed by atoms with E-state index >= 15 is 0 Å². The van der Waals surface area contributed by atoms with E-state index in [1.54, 1.807) is 4.68 Å². The summed E-state index contributed by atoms with van der Waals surface area (Å²) in [7, 11) is 3.86. The molecule has 1 aliphatic rings. The fourth-order valence-corrected chi connectivity index (χ4v) is 4.54. The van der Waals surface area contributed by atoms with Crippen LogP contribution in [0.2, 0.25) is 0 Å². The molecule has 0 saturated heterocycles. The minimum absolute atomic E-state index is 0.0775. The predicted octanol–water partition coefficient (Wildman–Crippen LogP) is 4.02. The molecule has 0 atom stereocenters. The van der Waals surface area contributed by atoms with Crippen molar-refractivity contribution in [1.82, 2.24) is 29.6 Å². The molecule has 4 aromatic rings. The monoisotopic (exact) mass is 428 g/mol. The number of rotatable bonds is 5. The van der Waals surface area contributed by atoms with E-state index < -0.39 is 0 Å². The molecule has 1 amide bonds. The molecule has 4 heterocycles. The second kappa shape index (κ2) is 8.57. The van der Waals surface area contributed by atoms with E-state index in [0.717, 1.165) is 46.3 Å². The minimum atomic E-state index is -0.0775. The molecule has 32 heavy (non-hydrogen) atoms. The van der Waals surface area contributed by atoms with Crippen molar-refractivity contribution in [3.05, 3.63) is 65.9 Å². The number of nitrogens with one attached hydrogen (secondary N) is 1. The summed E-state index contributed by atoms with van der Waals surface area (Å²) in [5.74, 6) is -0.0775. The number of aromatic nitrogens is 5. The van der Waals surface area contributed by atoms with Gasteiger partial charge in [0.2, 0.25) is 0 Å². The van der Waals surface area contributed by atoms with Crippen LogP contribution in [0.25, 0.3) is 22.3 Å². The molecule has 5 rings (SSSR count). The Kier molecular flexibility index (Phi) is 5.47. The van der Waals surface area contributed by atoms with Crippen LogP contribution in [-0.2, 0) is 20.5 Å². The lowest BCUT2D eigenvalue weighted by molar-refractivity contribution is 0.0923. The first kappa shape index (κ1) is 20.4. The molecule has 0 spiro atoms. The lowest BCUT2D eigenvalue weighted by atomic mass is 9.95. The van der Waals surface area contributed by atoms with Gasteiger partial charge in [0, 0.05) is 49.7 Å². The van der Waals surface area contributed by atoms with Crippen LogP contribution in [0.15, 0.2) is 49.1 Å². The normalized spacial score (nSPS) is 14.7. The lowest BCUT2D eigenvalue weighted by Gasteiger charge is -2.22. The highest BCUT2D eigenvalue weighted by Crippen LogP contribution is 2.24. The summed E-state index contributed by atoms with van der Waals surface area (Å²) >= 11 is 0. The van der Waals surface area contributed by atoms with Gasteiger partial charge >= 0.3 is 0 Å². The summed E-state index contributed by atoms with van der Waals surface area (Å²) < 4.78 is 3.74. The second-order valence-electron chi connectivity index (χ2n) is 8.77. The van der Waals surface area contributed by atoms with Crippen LogP contribution in [0.5, 0.6) is 0 Å². The summed E-state index contributed by atoms with van der Waals surface area (Å²) in [5.41, 5.74) is 5.38. The molecule has 4 aromatic heterocycles. The number of hydrogen-bond donors (Lipinski definition) is 1. The number of amides is 1. The Morgan fingerprint density at radius 1 is 1.12 bits per heavy atom. The minimum Gasteiger partial charge on any atom is -0.348 e. The van der Waals surface area contributed by atoms with Crippen molar-refractivity contribution in [2.24, 2.45) is 14.1 Å². The first-order chi connectivity index (χ1) is 15.6. The molecule has 7 nitrogen and oxygen atoms in total. The van der Waals surface area contributed by atoms with Crippen LogP contribution in [0, 0.1) is 0 Å². The van der Waals surface area contributed by atoms with E-state index in [1.165, 1.54) is 19.3 Å². The highest BCUT2D eigenvalue weighted by Gasteiger charge is 2.19. The molecule has 7 heteroatoms. The predicted molar refractivity (Wildman–Crippen MR) is 124 cm³/mol. The van der Waals surface area contributed by atoms with Crippen molar-refractivity contribution >= 4 is 16.9 Å². The molecule has 0 bridgehead atoms. The van der Waals surface area contributed by atoms with Crippen molar-refractivity contribution < 1.29 is 4.79 Å². The fraction of sp³-hybridized carbons (Fsp3) is 0.360. The number of hydrogen-bond acceptors (Lipinski definition) is 4. The average Bonchev–Trinajstić information content (AvgIpc) is 3.41. The highest BCUT2D eigenvalue weighted by atomic mass is 16.1. The first-order valence-electron chi connectivity index (χ1n) is 11.3. The van der Waals surface area contributed by atoms with Gasteiger partial charge in [-0.15, -0.1) is 0 Å². The van der Waals surface area contributed by atoms with E-state index in [-0.39, 0.29) is 11.9 Å². The second-order valence-corrected chi connectivity index (χ2v) is 8.77. The highest BCUT2D eigenvalue weighted by molar-refractivity contribution is 5.95. The zero-order valence-electron chi connectivity index (χ0n) is 18.6. The molecular formula is C25H28N6O. The Labute approximate surface area is 187 Å². The molecule has 0 unspecified atom stereocenters. The third-order valence-corrected chi connectivity index (χ3v) is 6.32. The quantitative estimate of drug-likeness (QED) is 0.521. The molecule has 1 fully saturated rings. The number of nitrogens with zero attached hydrogens (tertiary/aromatic N) is 5. The van der Waals surface area contributed by atoms with Crippen molar-refractivity contribution in [3.8, 4) is 11.3 Å². The molecule has 1 aliphatic carbocycles. The summed E-state index contributed by atoms with van der Waals surface area (Å²) in [6.07, 6.45) is 14.1. The number of carbonyl (C=O) groups is 1. The van der Waals surface area contributed by atoms with E-state index in [0.29, 0.717) is 12.1 Å². The third-order valence-electron chi connectivity index (χ3n) is 6.32. The largest absolute Gasteiger partial charge is 0.348 e. The maximum absolute atomic E-state index is 13.0. The van der Waals surface area contributed by atoms with Crippen LogP contribution in [-0.4, -0.2) is 36.3 Å². The van der Waals surface area contributed by atoms with Gasteiger partial charge in [0.1, 0.15) is 11.3 Å². The SMILES string of the molecule is Cn1cc(-c2ccc(Cc3cc(C(=O)NC4CCCCC4)nc4c3ccn4C)cn2)cn1. The third kappa shape index (κ3) is 4.15. The van der Waals surface area contributed by atoms with Crippen molar-refractivity contribution in [2.75, 3.05) is 0 Å². The molecule has 1 saturated carbocycles. The first-order valence-corrected chi connectivity index (χ1v) is 11.3. The van der Waals surface area contributed by atoms with Gasteiger partial charge in [0.25, 0.3) is 5.91 Å². The topological polar surface area (TPSA) is 77.6 Å². The van der Waals surface area contributed by atoms with Crippen LogP contribution < -0.4 is 5.32 Å². The van der Waals surface area contributed by atoms with Crippen molar-refractivity contribution in [1.29, 1.82) is 0 Å². The lowest BCUT2D eigenvalue weighted by Crippen LogP contribution is -2.36. The number of pyridine rings is 2. The Hall–Kier alpha value is -3.48. The van der Waals surface area contributed by atoms with Crippen LogP contribution in [0.1, 0.15) is 53.7 Å². The smallest absolute Gasteiger partial charge is 0.270 e. The van der Waals surface area contributed by atoms with Gasteiger partial charge in [-0.1, -0.05) is 25.3 Å². The van der Waals surface area contributed by atoms with Gasteiger partial charge in [-0.3, -0.25) is 14.5 Å². The van der Waals surface area contributed by atoms with E-state index in [9.17, 15) is 4.79 Å². The number of fused-ring (bicyclic) bond motifs is 1. The molecular weight excluding hydrogens is 400 g/mol. The molecule has 1 N–H and O–H groups in total. The molecule has 0 aliphatic heterocycles. The molecule has 164 valence electrons. The van der Waals surface area contributed by atoms with Crippen LogP contribution in [0.3, 0.4) is 0 Å². The average molecular weight is 429 g/mol. The maximum Gasteiger partial charge on any atom is 0.270 e. The van der Waals surface area contributed by atoms with Crippen LogP contribution in [0.4, 0.5) is 0 Å². The fourth-order valence-electron chi connectivity index (χ4n) is 4.54. The Bertz CT molecular complexity index is 1250. The standard InChI is InChI=1S/C25H28N6O/c1-30-11-10-21-18(12-17-8-9-22(26-14-17)19-15-27-31(2)16-19)13-23(29-24(21)30)25(32)28-20-6-4-3-5-7-20/h8-11,13-16,20H,3-7,12H2,1-2H3,(H,28,32). The molecule has 0 aromatic carbocycles. The van der Waals surface area contributed by atoms with Crippen molar-refractivity contribution in [2.45, 2.75) is 44.6 Å². The number of carbonyl (C=O) groups excluding carboxylic acids is 1. The maximum atomic E-state index is 13.0. The zero-order valence-corrected chi connectivity index (χ0v) is 18.6.